The molecule has 0 aliphatic rings. The number of hydrogen-bond donors (Lipinski definition) is 1. The van der Waals surface area contributed by atoms with Crippen LogP contribution in [-0.4, -0.2) is 19.0 Å². The molecule has 0 unspecified atom stereocenters. The van der Waals surface area contributed by atoms with E-state index in [4.69, 9.17) is 11.6 Å². The molecule has 0 saturated carbocycles. The van der Waals surface area contributed by atoms with Crippen LogP contribution in [0.3, 0.4) is 0 Å². The smallest absolute Gasteiger partial charge is 0.273 e. The fourth-order valence-electron chi connectivity index (χ4n) is 1.83. The molecule has 106 valence electrons. The molecule has 2 rings (SSSR count). The summed E-state index contributed by atoms with van der Waals surface area (Å²) >= 11 is 7.41. The number of nitrogens with one attached hydrogen (secondary N) is 1. The molecule has 0 saturated heterocycles. The van der Waals surface area contributed by atoms with Crippen molar-refractivity contribution in [1.29, 1.82) is 0 Å². The number of nitro benzene ring substituents is 1. The van der Waals surface area contributed by atoms with Crippen molar-refractivity contribution in [3.63, 3.8) is 0 Å². The lowest BCUT2D eigenvalue weighted by Gasteiger charge is -2.19. The standard InChI is InChI=1S/C13H14ClN3O2S/c1-15-9-5-10(7-11(6-9)17(18)19)16(2)8-12-3-4-13(14)20-12/h3-7,15H,8H2,1-2H3. The van der Waals surface area contributed by atoms with Crippen molar-refractivity contribution in [2.45, 2.75) is 6.54 Å². The zero-order valence-corrected chi connectivity index (χ0v) is 12.7. The minimum Gasteiger partial charge on any atom is -0.388 e. The quantitative estimate of drug-likeness (QED) is 0.670. The highest BCUT2D eigenvalue weighted by molar-refractivity contribution is 7.16. The Morgan fingerprint density at radius 3 is 2.70 bits per heavy atom. The third kappa shape index (κ3) is 3.40. The van der Waals surface area contributed by atoms with Gasteiger partial charge in [-0.05, 0) is 18.2 Å². The largest absolute Gasteiger partial charge is 0.388 e. The van der Waals surface area contributed by atoms with Crippen LogP contribution in [0.25, 0.3) is 0 Å². The van der Waals surface area contributed by atoms with E-state index in [1.165, 1.54) is 17.4 Å². The molecular formula is C13H14ClN3O2S. The number of nitrogens with zero attached hydrogens (tertiary/aromatic N) is 2. The minimum atomic E-state index is -0.389. The molecule has 1 aromatic carbocycles. The highest BCUT2D eigenvalue weighted by atomic mass is 35.5. The molecule has 20 heavy (non-hydrogen) atoms. The summed E-state index contributed by atoms with van der Waals surface area (Å²) in [5.41, 5.74) is 1.57. The minimum absolute atomic E-state index is 0.0721. The summed E-state index contributed by atoms with van der Waals surface area (Å²) in [6.45, 7) is 0.654. The van der Waals surface area contributed by atoms with E-state index in [0.717, 1.165) is 14.9 Å². The maximum absolute atomic E-state index is 10.9. The number of anilines is 2. The molecule has 1 heterocycles. The molecule has 0 aliphatic heterocycles. The third-order valence-electron chi connectivity index (χ3n) is 2.86. The third-order valence-corrected chi connectivity index (χ3v) is 4.08. The fourth-order valence-corrected chi connectivity index (χ4v) is 2.97. The molecule has 7 heteroatoms. The first-order valence-electron chi connectivity index (χ1n) is 5.92. The fraction of sp³-hybridized carbons (Fsp3) is 0.231. The van der Waals surface area contributed by atoms with E-state index < -0.39 is 0 Å². The number of rotatable bonds is 5. The normalized spacial score (nSPS) is 10.3. The van der Waals surface area contributed by atoms with Crippen molar-refractivity contribution in [2.24, 2.45) is 0 Å². The Hall–Kier alpha value is -1.79. The lowest BCUT2D eigenvalue weighted by atomic mass is 10.2. The lowest BCUT2D eigenvalue weighted by Crippen LogP contribution is -2.15. The summed E-state index contributed by atoms with van der Waals surface area (Å²) in [5, 5.41) is 13.9. The van der Waals surface area contributed by atoms with Gasteiger partial charge in [0.2, 0.25) is 0 Å². The zero-order valence-electron chi connectivity index (χ0n) is 11.1. The van der Waals surface area contributed by atoms with Crippen molar-refractivity contribution in [2.75, 3.05) is 24.3 Å². The van der Waals surface area contributed by atoms with E-state index in [1.807, 2.05) is 30.1 Å². The molecule has 1 N–H and O–H groups in total. The molecule has 0 radical (unpaired) electrons. The average molecular weight is 312 g/mol. The van der Waals surface area contributed by atoms with Crippen LogP contribution >= 0.6 is 22.9 Å². The van der Waals surface area contributed by atoms with Crippen LogP contribution in [0.15, 0.2) is 30.3 Å². The van der Waals surface area contributed by atoms with Gasteiger partial charge < -0.3 is 10.2 Å². The van der Waals surface area contributed by atoms with Crippen LogP contribution in [-0.2, 0) is 6.54 Å². The molecule has 0 bridgehead atoms. The summed E-state index contributed by atoms with van der Waals surface area (Å²) in [7, 11) is 3.63. The Bertz CT molecular complexity index is 630. The molecule has 0 atom stereocenters. The summed E-state index contributed by atoms with van der Waals surface area (Å²) < 4.78 is 0.739. The Morgan fingerprint density at radius 1 is 1.40 bits per heavy atom. The van der Waals surface area contributed by atoms with Gasteiger partial charge in [0.25, 0.3) is 5.69 Å². The Labute approximate surface area is 125 Å². The Morgan fingerprint density at radius 2 is 2.15 bits per heavy atom. The van der Waals surface area contributed by atoms with Crippen LogP contribution in [0.1, 0.15) is 4.88 Å². The van der Waals surface area contributed by atoms with Crippen molar-refractivity contribution < 1.29 is 4.92 Å². The van der Waals surface area contributed by atoms with Gasteiger partial charge in [0, 0.05) is 42.5 Å². The van der Waals surface area contributed by atoms with Crippen LogP contribution in [0, 0.1) is 10.1 Å². The average Bonchev–Trinajstić information content (AvgIpc) is 2.83. The number of non-ortho nitro benzene ring substituents is 1. The van der Waals surface area contributed by atoms with E-state index in [2.05, 4.69) is 5.32 Å². The predicted molar refractivity (Wildman–Crippen MR) is 84.1 cm³/mol. The molecule has 5 nitrogen and oxygen atoms in total. The Kier molecular flexibility index (Phi) is 4.46. The van der Waals surface area contributed by atoms with E-state index in [-0.39, 0.29) is 10.6 Å². The van der Waals surface area contributed by atoms with Gasteiger partial charge in [-0.2, -0.15) is 0 Å². The highest BCUT2D eigenvalue weighted by Crippen LogP contribution is 2.29. The first kappa shape index (κ1) is 14.6. The molecule has 0 spiro atoms. The second-order valence-electron chi connectivity index (χ2n) is 4.31. The van der Waals surface area contributed by atoms with E-state index in [0.29, 0.717) is 12.2 Å². The second kappa shape index (κ2) is 6.11. The maximum Gasteiger partial charge on any atom is 0.273 e. The number of thiophene rings is 1. The van der Waals surface area contributed by atoms with Crippen molar-refractivity contribution in [3.05, 3.63) is 49.7 Å². The van der Waals surface area contributed by atoms with Gasteiger partial charge in [-0.3, -0.25) is 10.1 Å². The SMILES string of the molecule is CNc1cc(N(C)Cc2ccc(Cl)s2)cc([N+](=O)[O-])c1. The summed E-state index contributed by atoms with van der Waals surface area (Å²) in [5.74, 6) is 0. The summed E-state index contributed by atoms with van der Waals surface area (Å²) in [6, 6.07) is 8.76. The zero-order chi connectivity index (χ0) is 14.7. The molecular weight excluding hydrogens is 298 g/mol. The van der Waals surface area contributed by atoms with Crippen LogP contribution in [0.4, 0.5) is 17.1 Å². The first-order valence-corrected chi connectivity index (χ1v) is 7.11. The molecule has 0 amide bonds. The van der Waals surface area contributed by atoms with Gasteiger partial charge in [0.1, 0.15) is 0 Å². The van der Waals surface area contributed by atoms with Gasteiger partial charge in [-0.15, -0.1) is 11.3 Å². The van der Waals surface area contributed by atoms with Crippen LogP contribution < -0.4 is 10.2 Å². The van der Waals surface area contributed by atoms with Gasteiger partial charge in [-0.1, -0.05) is 11.6 Å². The predicted octanol–water partition coefficient (Wildman–Crippen LogP) is 3.99. The lowest BCUT2D eigenvalue weighted by molar-refractivity contribution is -0.384. The maximum atomic E-state index is 10.9. The van der Waals surface area contributed by atoms with Gasteiger partial charge in [0.05, 0.1) is 15.8 Å². The number of nitro groups is 1. The van der Waals surface area contributed by atoms with Crippen LogP contribution in [0.2, 0.25) is 4.34 Å². The number of hydrogen-bond acceptors (Lipinski definition) is 5. The number of benzene rings is 1. The van der Waals surface area contributed by atoms with Crippen molar-refractivity contribution >= 4 is 40.0 Å². The van der Waals surface area contributed by atoms with Gasteiger partial charge in [0.15, 0.2) is 0 Å². The second-order valence-corrected chi connectivity index (χ2v) is 6.11. The van der Waals surface area contributed by atoms with E-state index >= 15 is 0 Å². The van der Waals surface area contributed by atoms with Crippen molar-refractivity contribution in [1.82, 2.24) is 0 Å². The van der Waals surface area contributed by atoms with Crippen LogP contribution in [0.5, 0.6) is 0 Å². The molecule has 1 aromatic heterocycles. The molecule has 2 aromatic rings. The number of halogens is 1. The molecule has 0 fully saturated rings. The van der Waals surface area contributed by atoms with Gasteiger partial charge in [-0.25, -0.2) is 0 Å². The summed E-state index contributed by atoms with van der Waals surface area (Å²) in [6.07, 6.45) is 0. The highest BCUT2D eigenvalue weighted by Gasteiger charge is 2.12. The van der Waals surface area contributed by atoms with Gasteiger partial charge >= 0.3 is 0 Å². The topological polar surface area (TPSA) is 58.4 Å². The summed E-state index contributed by atoms with van der Waals surface area (Å²) in [4.78, 5) is 13.6. The van der Waals surface area contributed by atoms with E-state index in [1.54, 1.807) is 13.1 Å². The first-order chi connectivity index (χ1) is 9.49. The monoisotopic (exact) mass is 311 g/mol. The molecule has 0 aliphatic carbocycles. The Balaban J connectivity index is 2.26. The van der Waals surface area contributed by atoms with Crippen molar-refractivity contribution in [3.8, 4) is 0 Å². The van der Waals surface area contributed by atoms with E-state index in [9.17, 15) is 10.1 Å².